The van der Waals surface area contributed by atoms with Crippen molar-refractivity contribution in [3.05, 3.63) is 58.0 Å². The number of piperazine rings is 1. The monoisotopic (exact) mass is 435 g/mol. The Bertz CT molecular complexity index is 1100. The van der Waals surface area contributed by atoms with E-state index in [0.717, 1.165) is 57.7 Å². The number of benzene rings is 1. The summed E-state index contributed by atoms with van der Waals surface area (Å²) in [4.78, 5) is 26.6. The van der Waals surface area contributed by atoms with Crippen molar-refractivity contribution in [1.29, 1.82) is 0 Å². The molecule has 0 amide bonds. The summed E-state index contributed by atoms with van der Waals surface area (Å²) >= 11 is 0. The van der Waals surface area contributed by atoms with Crippen LogP contribution in [0.15, 0.2) is 41.3 Å². The van der Waals surface area contributed by atoms with Crippen LogP contribution < -0.4 is 16.6 Å². The van der Waals surface area contributed by atoms with Gasteiger partial charge in [-0.2, -0.15) is 4.98 Å². The fourth-order valence-electron chi connectivity index (χ4n) is 4.05. The van der Waals surface area contributed by atoms with Crippen LogP contribution >= 0.6 is 0 Å². The Labute approximate surface area is 189 Å². The van der Waals surface area contributed by atoms with Crippen LogP contribution in [0.3, 0.4) is 0 Å². The summed E-state index contributed by atoms with van der Waals surface area (Å²) in [5.74, 6) is 0.687. The van der Waals surface area contributed by atoms with Crippen LogP contribution in [0.25, 0.3) is 10.9 Å². The number of nitrogens with zero attached hydrogens (tertiary/aromatic N) is 5. The van der Waals surface area contributed by atoms with Crippen LogP contribution in [-0.2, 0) is 13.1 Å². The number of aromatic nitrogens is 3. The molecule has 1 aliphatic rings. The maximum Gasteiger partial charge on any atom is 0.264 e. The number of fused-ring (bicyclic) bond motifs is 1. The lowest BCUT2D eigenvalue weighted by Crippen LogP contribution is -2.43. The molecule has 170 valence electrons. The molecule has 1 fully saturated rings. The average Bonchev–Trinajstić information content (AvgIpc) is 2.78. The van der Waals surface area contributed by atoms with Gasteiger partial charge in [0.2, 0.25) is 5.95 Å². The first kappa shape index (κ1) is 22.2. The second-order valence-corrected chi connectivity index (χ2v) is 8.62. The molecule has 0 saturated carbocycles. The molecule has 8 nitrogen and oxygen atoms in total. The minimum absolute atomic E-state index is 0.108. The van der Waals surface area contributed by atoms with Gasteiger partial charge in [-0.15, -0.1) is 0 Å². The number of rotatable bonds is 8. The Balaban J connectivity index is 1.51. The first-order valence-corrected chi connectivity index (χ1v) is 11.4. The van der Waals surface area contributed by atoms with Gasteiger partial charge in [-0.05, 0) is 30.7 Å². The van der Waals surface area contributed by atoms with Crippen LogP contribution in [0.4, 0.5) is 11.8 Å². The first-order chi connectivity index (χ1) is 15.5. The van der Waals surface area contributed by atoms with Crippen molar-refractivity contribution in [2.75, 3.05) is 50.8 Å². The predicted molar refractivity (Wildman–Crippen MR) is 130 cm³/mol. The molecule has 0 unspecified atom stereocenters. The van der Waals surface area contributed by atoms with Crippen molar-refractivity contribution in [2.24, 2.45) is 0 Å². The molecular formula is C24H33N7O. The van der Waals surface area contributed by atoms with Crippen molar-refractivity contribution in [3.8, 4) is 0 Å². The van der Waals surface area contributed by atoms with E-state index < -0.39 is 0 Å². The molecule has 1 saturated heterocycles. The highest BCUT2D eigenvalue weighted by Gasteiger charge is 2.14. The lowest BCUT2D eigenvalue weighted by Gasteiger charge is -2.32. The highest BCUT2D eigenvalue weighted by atomic mass is 16.1. The molecule has 3 heterocycles. The van der Waals surface area contributed by atoms with Crippen LogP contribution in [0, 0.1) is 0 Å². The summed E-state index contributed by atoms with van der Waals surface area (Å²) in [5.41, 5.74) is 8.70. The van der Waals surface area contributed by atoms with E-state index in [4.69, 9.17) is 5.73 Å². The second kappa shape index (κ2) is 10.1. The second-order valence-electron chi connectivity index (χ2n) is 8.62. The third-order valence-corrected chi connectivity index (χ3v) is 6.04. The smallest absolute Gasteiger partial charge is 0.264 e. The summed E-state index contributed by atoms with van der Waals surface area (Å²) in [6.07, 6.45) is 3.83. The summed E-state index contributed by atoms with van der Waals surface area (Å²) in [7, 11) is 2.17. The van der Waals surface area contributed by atoms with Gasteiger partial charge in [-0.25, -0.2) is 4.98 Å². The highest BCUT2D eigenvalue weighted by Crippen LogP contribution is 2.18. The molecule has 0 bridgehead atoms. The molecule has 3 aromatic rings. The quantitative estimate of drug-likeness (QED) is 0.525. The molecule has 0 radical (unpaired) electrons. The number of nitrogens with two attached hydrogens (primary N) is 1. The van der Waals surface area contributed by atoms with E-state index in [0.29, 0.717) is 23.3 Å². The molecule has 2 aromatic heterocycles. The number of pyridine rings is 1. The zero-order valence-corrected chi connectivity index (χ0v) is 19.0. The Morgan fingerprint density at radius 3 is 2.38 bits per heavy atom. The van der Waals surface area contributed by atoms with E-state index in [2.05, 4.69) is 63.3 Å². The number of likely N-dealkylation sites (N-methyl/N-ethyl adjacent to an activating group) is 1. The Hall–Kier alpha value is -2.97. The van der Waals surface area contributed by atoms with Crippen molar-refractivity contribution in [2.45, 2.75) is 32.9 Å². The van der Waals surface area contributed by atoms with E-state index >= 15 is 0 Å². The van der Waals surface area contributed by atoms with Crippen molar-refractivity contribution < 1.29 is 0 Å². The highest BCUT2D eigenvalue weighted by molar-refractivity contribution is 5.89. The Morgan fingerprint density at radius 1 is 1.00 bits per heavy atom. The molecular weight excluding hydrogens is 402 g/mol. The fraction of sp³-hybridized carbons (Fsp3) is 0.458. The number of nitrogen functional groups attached to an aromatic ring is 1. The third kappa shape index (κ3) is 5.26. The Kier molecular flexibility index (Phi) is 7.02. The van der Waals surface area contributed by atoms with Gasteiger partial charge in [0.25, 0.3) is 5.56 Å². The van der Waals surface area contributed by atoms with Gasteiger partial charge in [0.1, 0.15) is 11.2 Å². The van der Waals surface area contributed by atoms with Crippen LogP contribution in [0.1, 0.15) is 30.9 Å². The van der Waals surface area contributed by atoms with E-state index in [1.54, 1.807) is 10.8 Å². The van der Waals surface area contributed by atoms with Crippen LogP contribution in [0.2, 0.25) is 0 Å². The Morgan fingerprint density at radius 2 is 1.69 bits per heavy atom. The lowest BCUT2D eigenvalue weighted by atomic mass is 10.1. The van der Waals surface area contributed by atoms with Gasteiger partial charge in [-0.1, -0.05) is 37.6 Å². The third-order valence-electron chi connectivity index (χ3n) is 6.04. The predicted octanol–water partition coefficient (Wildman–Crippen LogP) is 2.38. The van der Waals surface area contributed by atoms with Crippen molar-refractivity contribution in [1.82, 2.24) is 24.3 Å². The van der Waals surface area contributed by atoms with Gasteiger partial charge in [0.15, 0.2) is 0 Å². The molecule has 0 spiro atoms. The summed E-state index contributed by atoms with van der Waals surface area (Å²) in [6.45, 7) is 8.78. The van der Waals surface area contributed by atoms with Crippen molar-refractivity contribution >= 4 is 22.7 Å². The zero-order chi connectivity index (χ0) is 22.5. The molecule has 32 heavy (non-hydrogen) atoms. The maximum absolute atomic E-state index is 13.2. The molecule has 4 rings (SSSR count). The summed E-state index contributed by atoms with van der Waals surface area (Å²) < 4.78 is 1.71. The number of nitrogens with one attached hydrogen (secondary N) is 1. The summed E-state index contributed by atoms with van der Waals surface area (Å²) in [6, 6.07) is 10.4. The first-order valence-electron chi connectivity index (χ1n) is 11.4. The van der Waals surface area contributed by atoms with Crippen LogP contribution in [-0.4, -0.2) is 64.1 Å². The SMILES string of the molecule is CCCCNc1nc(N)nc2ccn(Cc3ccc(CN4CCN(C)CC4)cc3)c(=O)c12. The van der Waals surface area contributed by atoms with Gasteiger partial charge >= 0.3 is 0 Å². The average molecular weight is 436 g/mol. The van der Waals surface area contributed by atoms with Crippen molar-refractivity contribution in [3.63, 3.8) is 0 Å². The van der Waals surface area contributed by atoms with E-state index in [9.17, 15) is 4.79 Å². The van der Waals surface area contributed by atoms with Gasteiger partial charge < -0.3 is 20.5 Å². The molecule has 1 aromatic carbocycles. The van der Waals surface area contributed by atoms with E-state index in [-0.39, 0.29) is 11.5 Å². The topological polar surface area (TPSA) is 92.3 Å². The number of hydrogen-bond acceptors (Lipinski definition) is 7. The summed E-state index contributed by atoms with van der Waals surface area (Å²) in [5, 5.41) is 3.75. The number of hydrogen-bond donors (Lipinski definition) is 2. The maximum atomic E-state index is 13.2. The van der Waals surface area contributed by atoms with Gasteiger partial charge in [0.05, 0.1) is 12.1 Å². The largest absolute Gasteiger partial charge is 0.369 e. The van der Waals surface area contributed by atoms with Crippen LogP contribution in [0.5, 0.6) is 0 Å². The normalized spacial score (nSPS) is 15.3. The molecule has 0 atom stereocenters. The van der Waals surface area contributed by atoms with Gasteiger partial charge in [-0.3, -0.25) is 9.69 Å². The molecule has 0 aliphatic carbocycles. The van der Waals surface area contributed by atoms with E-state index in [1.807, 2.05) is 6.07 Å². The standard InChI is InChI=1S/C24H33N7O/c1-3-4-10-26-22-21-20(27-24(25)28-22)9-11-31(23(21)32)17-19-7-5-18(6-8-19)16-30-14-12-29(2)13-15-30/h5-9,11H,3-4,10,12-17H2,1-2H3,(H3,25,26,27,28). The molecule has 1 aliphatic heterocycles. The zero-order valence-electron chi connectivity index (χ0n) is 19.0. The number of unbranched alkanes of at least 4 members (excludes halogenated alkanes) is 1. The minimum Gasteiger partial charge on any atom is -0.369 e. The van der Waals surface area contributed by atoms with E-state index in [1.165, 1.54) is 5.56 Å². The fourth-order valence-corrected chi connectivity index (χ4v) is 4.05. The molecule has 3 N–H and O–H groups in total. The lowest BCUT2D eigenvalue weighted by molar-refractivity contribution is 0.148. The van der Waals surface area contributed by atoms with Gasteiger partial charge in [0, 0.05) is 45.5 Å². The number of anilines is 2. The molecule has 8 heteroatoms. The minimum atomic E-state index is -0.108.